The van der Waals surface area contributed by atoms with E-state index in [1.54, 1.807) is 14.0 Å². The topological polar surface area (TPSA) is 119 Å². The average Bonchev–Trinajstić information content (AvgIpc) is 2.77. The first-order valence-corrected chi connectivity index (χ1v) is 7.90. The maximum atomic E-state index is 12.8. The van der Waals surface area contributed by atoms with Gasteiger partial charge in [-0.25, -0.2) is 26.9 Å². The van der Waals surface area contributed by atoms with Crippen LogP contribution in [0.25, 0.3) is 0 Å². The fourth-order valence-electron chi connectivity index (χ4n) is 1.42. The van der Waals surface area contributed by atoms with Gasteiger partial charge >= 0.3 is 0 Å². The summed E-state index contributed by atoms with van der Waals surface area (Å²) in [4.78, 5) is 15.2. The van der Waals surface area contributed by atoms with Crippen LogP contribution < -0.4 is 15.8 Å². The first-order valence-electron chi connectivity index (χ1n) is 6.41. The Kier molecular flexibility index (Phi) is 8.04. The molecule has 0 atom stereocenters. The molecule has 23 heavy (non-hydrogen) atoms. The summed E-state index contributed by atoms with van der Waals surface area (Å²) in [7, 11) is -2.19. The number of halogens is 3. The molecule has 0 aliphatic carbocycles. The molecule has 1 heterocycles. The second-order valence-corrected chi connectivity index (χ2v) is 6.44. The molecule has 0 saturated heterocycles. The lowest BCUT2D eigenvalue weighted by atomic mass is 10.3. The number of imidazole rings is 1. The van der Waals surface area contributed by atoms with E-state index in [0.29, 0.717) is 5.82 Å². The van der Waals surface area contributed by atoms with E-state index in [9.17, 15) is 22.0 Å². The van der Waals surface area contributed by atoms with Crippen LogP contribution in [0.2, 0.25) is 0 Å². The third-order valence-electron chi connectivity index (χ3n) is 2.85. The van der Waals surface area contributed by atoms with Crippen LogP contribution in [0.4, 0.5) is 8.78 Å². The first-order chi connectivity index (χ1) is 10.1. The number of nitrogens with two attached hydrogens (primary N) is 1. The Bertz CT molecular complexity index is 616. The van der Waals surface area contributed by atoms with E-state index in [-0.39, 0.29) is 30.4 Å². The van der Waals surface area contributed by atoms with Crippen LogP contribution in [0.3, 0.4) is 0 Å². The van der Waals surface area contributed by atoms with Crippen molar-refractivity contribution < 1.29 is 22.0 Å². The van der Waals surface area contributed by atoms with E-state index in [4.69, 9.17) is 5.73 Å². The quantitative estimate of drug-likeness (QED) is 0.567. The number of nitrogens with one attached hydrogen (secondary N) is 2. The number of alkyl halides is 2. The molecule has 0 fully saturated rings. The van der Waals surface area contributed by atoms with Gasteiger partial charge in [-0.05, 0) is 6.92 Å². The van der Waals surface area contributed by atoms with Crippen LogP contribution in [-0.2, 0) is 21.9 Å². The van der Waals surface area contributed by atoms with Gasteiger partial charge in [-0.3, -0.25) is 4.79 Å². The Morgan fingerprint density at radius 3 is 2.57 bits per heavy atom. The summed E-state index contributed by atoms with van der Waals surface area (Å²) < 4.78 is 53.1. The number of nitrogens with zero attached hydrogens (tertiary/aromatic N) is 2. The van der Waals surface area contributed by atoms with E-state index in [1.165, 1.54) is 10.8 Å². The normalized spacial score (nSPS) is 11.9. The number of hydrogen-bond donors (Lipinski definition) is 3. The molecule has 0 aliphatic rings. The molecule has 1 aromatic rings. The zero-order valence-corrected chi connectivity index (χ0v) is 14.3. The summed E-state index contributed by atoms with van der Waals surface area (Å²) in [6.45, 7) is -0.338. The summed E-state index contributed by atoms with van der Waals surface area (Å²) in [5.41, 5.74) is 4.83. The van der Waals surface area contributed by atoms with Gasteiger partial charge in [0.05, 0.1) is 13.1 Å². The maximum absolute atomic E-state index is 12.8. The van der Waals surface area contributed by atoms with E-state index in [2.05, 4.69) is 9.71 Å². The van der Waals surface area contributed by atoms with E-state index >= 15 is 0 Å². The third-order valence-corrected chi connectivity index (χ3v) is 4.18. The van der Waals surface area contributed by atoms with Crippen molar-refractivity contribution in [2.75, 3.05) is 19.6 Å². The minimum absolute atomic E-state index is 0. The van der Waals surface area contributed by atoms with Crippen molar-refractivity contribution in [2.45, 2.75) is 24.3 Å². The Hall–Kier alpha value is -1.30. The molecule has 0 bridgehead atoms. The van der Waals surface area contributed by atoms with Crippen LogP contribution in [0, 0.1) is 6.92 Å². The third kappa shape index (κ3) is 6.77. The molecular formula is C11H20ClF2N5O3S. The molecule has 134 valence electrons. The number of aryl methyl sites for hydroxylation is 2. The highest BCUT2D eigenvalue weighted by atomic mass is 35.5. The number of aromatic nitrogens is 2. The van der Waals surface area contributed by atoms with Crippen LogP contribution >= 0.6 is 12.4 Å². The summed E-state index contributed by atoms with van der Waals surface area (Å²) >= 11 is 0. The van der Waals surface area contributed by atoms with Crippen molar-refractivity contribution in [3.63, 3.8) is 0 Å². The van der Waals surface area contributed by atoms with Crippen LogP contribution in [0.5, 0.6) is 0 Å². The lowest BCUT2D eigenvalue weighted by Gasteiger charge is -2.14. The van der Waals surface area contributed by atoms with Crippen LogP contribution in [0.15, 0.2) is 11.2 Å². The number of carbonyl (C=O) groups is 1. The zero-order chi connectivity index (χ0) is 17.0. The highest BCUT2D eigenvalue weighted by Crippen LogP contribution is 2.09. The summed E-state index contributed by atoms with van der Waals surface area (Å²) in [5, 5.41) is 1.83. The van der Waals surface area contributed by atoms with Gasteiger partial charge in [0.25, 0.3) is 15.9 Å². The Morgan fingerprint density at radius 1 is 1.48 bits per heavy atom. The van der Waals surface area contributed by atoms with Crippen LogP contribution in [-0.4, -0.2) is 49.4 Å². The second kappa shape index (κ2) is 8.52. The Balaban J connectivity index is 0.00000484. The van der Waals surface area contributed by atoms with Crippen LogP contribution in [0.1, 0.15) is 12.2 Å². The predicted octanol–water partition coefficient (Wildman–Crippen LogP) is -0.471. The molecule has 8 nitrogen and oxygen atoms in total. The van der Waals surface area contributed by atoms with Crippen molar-refractivity contribution in [1.82, 2.24) is 19.6 Å². The monoisotopic (exact) mass is 375 g/mol. The predicted molar refractivity (Wildman–Crippen MR) is 82.0 cm³/mol. The molecule has 1 amide bonds. The fraction of sp³-hybridized carbons (Fsp3) is 0.636. The van der Waals surface area contributed by atoms with Crippen molar-refractivity contribution in [1.29, 1.82) is 0 Å². The molecular weight excluding hydrogens is 356 g/mol. The molecule has 0 aliphatic heterocycles. The van der Waals surface area contributed by atoms with Gasteiger partial charge < -0.3 is 15.6 Å². The molecule has 1 aromatic heterocycles. The molecule has 0 spiro atoms. The van der Waals surface area contributed by atoms with Gasteiger partial charge in [-0.15, -0.1) is 12.4 Å². The molecule has 12 heteroatoms. The van der Waals surface area contributed by atoms with Gasteiger partial charge in [0.15, 0.2) is 5.03 Å². The van der Waals surface area contributed by atoms with Crippen molar-refractivity contribution in [3.8, 4) is 0 Å². The fourth-order valence-corrected chi connectivity index (χ4v) is 2.48. The smallest absolute Gasteiger partial charge is 0.277 e. The van der Waals surface area contributed by atoms with Gasteiger partial charge in [0, 0.05) is 26.2 Å². The van der Waals surface area contributed by atoms with Crippen molar-refractivity contribution >= 4 is 28.3 Å². The lowest BCUT2D eigenvalue weighted by Crippen LogP contribution is -2.42. The number of hydrogen-bond acceptors (Lipinski definition) is 5. The molecule has 4 N–H and O–H groups in total. The molecule has 0 radical (unpaired) electrons. The zero-order valence-electron chi connectivity index (χ0n) is 12.7. The molecule has 0 saturated carbocycles. The van der Waals surface area contributed by atoms with Gasteiger partial charge in [0.1, 0.15) is 5.82 Å². The van der Waals surface area contributed by atoms with Gasteiger partial charge in [0.2, 0.25) is 5.91 Å². The average molecular weight is 376 g/mol. The molecule has 1 rings (SSSR count). The summed E-state index contributed by atoms with van der Waals surface area (Å²) in [6, 6.07) is 0. The highest BCUT2D eigenvalue weighted by molar-refractivity contribution is 7.89. The number of rotatable bonds is 8. The Morgan fingerprint density at radius 2 is 2.09 bits per heavy atom. The highest BCUT2D eigenvalue weighted by Gasteiger charge is 2.27. The maximum Gasteiger partial charge on any atom is 0.277 e. The first kappa shape index (κ1) is 21.7. The number of carbonyl (C=O) groups excluding carboxylic acids is 1. The van der Waals surface area contributed by atoms with E-state index in [1.807, 2.05) is 5.32 Å². The number of amides is 1. The largest absolute Gasteiger partial charge is 0.350 e. The van der Waals surface area contributed by atoms with Crippen molar-refractivity contribution in [2.24, 2.45) is 12.8 Å². The minimum atomic E-state index is -3.84. The standard InChI is InChI=1S/C11H19F2N5O3S.ClH/c1-8-17-10(5-18(8)2)22(20,21)16-4-3-9(19)15-7-11(12,13)6-14;/h5,16H,3-4,6-7,14H2,1-2H3,(H,15,19);1H. The van der Waals surface area contributed by atoms with Gasteiger partial charge in [-0.1, -0.05) is 0 Å². The Labute approximate surface area is 139 Å². The molecule has 0 aromatic carbocycles. The van der Waals surface area contributed by atoms with Crippen molar-refractivity contribution in [3.05, 3.63) is 12.0 Å². The van der Waals surface area contributed by atoms with E-state index in [0.717, 1.165) is 0 Å². The van der Waals surface area contributed by atoms with E-state index < -0.39 is 34.9 Å². The molecule has 0 unspecified atom stereocenters. The second-order valence-electron chi connectivity index (χ2n) is 4.72. The number of sulfonamides is 1. The summed E-state index contributed by atoms with van der Waals surface area (Å²) in [5.74, 6) is -3.36. The SMILES string of the molecule is Cc1nc(S(=O)(=O)NCCC(=O)NCC(F)(F)CN)cn1C.Cl. The summed E-state index contributed by atoms with van der Waals surface area (Å²) in [6.07, 6.45) is 1.06. The lowest BCUT2D eigenvalue weighted by molar-refractivity contribution is -0.122. The van der Waals surface area contributed by atoms with Gasteiger partial charge in [-0.2, -0.15) is 0 Å². The minimum Gasteiger partial charge on any atom is -0.350 e.